The number of anilines is 2. The highest BCUT2D eigenvalue weighted by Gasteiger charge is 2.22. The van der Waals surface area contributed by atoms with E-state index in [2.05, 4.69) is 15.1 Å². The van der Waals surface area contributed by atoms with E-state index in [0.717, 1.165) is 75.0 Å². The van der Waals surface area contributed by atoms with Gasteiger partial charge in [0, 0.05) is 63.6 Å². The monoisotopic (exact) mass is 450 g/mol. The molecule has 2 saturated heterocycles. The van der Waals surface area contributed by atoms with Gasteiger partial charge in [-0.25, -0.2) is 0 Å². The predicted octanol–water partition coefficient (Wildman–Crippen LogP) is 2.55. The number of amides is 2. The standard InChI is InChI=1S/C26H34N4O3/c1-21-4-2-3-5-22(21)20-26(32)30-14-12-28(13-15-30)11-10-25(31)27-23-6-8-24(9-7-23)29-16-18-33-19-17-29/h2-9H,10-20H2,1H3,(H,27,31). The predicted molar refractivity (Wildman–Crippen MR) is 131 cm³/mol. The van der Waals surface area contributed by atoms with E-state index in [9.17, 15) is 9.59 Å². The van der Waals surface area contributed by atoms with Crippen molar-refractivity contribution in [3.63, 3.8) is 0 Å². The Morgan fingerprint density at radius 3 is 2.30 bits per heavy atom. The Kier molecular flexibility index (Phi) is 7.96. The second-order valence-electron chi connectivity index (χ2n) is 8.77. The molecular formula is C26H34N4O3. The number of hydrogen-bond acceptors (Lipinski definition) is 5. The van der Waals surface area contributed by atoms with Crippen LogP contribution in [0.15, 0.2) is 48.5 Å². The molecule has 0 saturated carbocycles. The molecule has 0 aromatic heterocycles. The summed E-state index contributed by atoms with van der Waals surface area (Å²) in [6.45, 7) is 9.11. The highest BCUT2D eigenvalue weighted by Crippen LogP contribution is 2.19. The molecular weight excluding hydrogens is 416 g/mol. The van der Waals surface area contributed by atoms with Gasteiger partial charge in [0.1, 0.15) is 0 Å². The van der Waals surface area contributed by atoms with E-state index >= 15 is 0 Å². The number of nitrogens with one attached hydrogen (secondary N) is 1. The summed E-state index contributed by atoms with van der Waals surface area (Å²) in [5, 5.41) is 3.00. The minimum Gasteiger partial charge on any atom is -0.378 e. The van der Waals surface area contributed by atoms with Gasteiger partial charge in [-0.2, -0.15) is 0 Å². The van der Waals surface area contributed by atoms with Gasteiger partial charge in [-0.3, -0.25) is 14.5 Å². The van der Waals surface area contributed by atoms with E-state index in [1.807, 2.05) is 60.4 Å². The number of morpholine rings is 1. The molecule has 4 rings (SSSR count). The summed E-state index contributed by atoms with van der Waals surface area (Å²) < 4.78 is 5.40. The van der Waals surface area contributed by atoms with Crippen LogP contribution < -0.4 is 10.2 Å². The Morgan fingerprint density at radius 2 is 1.61 bits per heavy atom. The van der Waals surface area contributed by atoms with Gasteiger partial charge in [-0.05, 0) is 42.3 Å². The molecule has 0 atom stereocenters. The van der Waals surface area contributed by atoms with Gasteiger partial charge in [-0.15, -0.1) is 0 Å². The topological polar surface area (TPSA) is 65.1 Å². The van der Waals surface area contributed by atoms with Gasteiger partial charge in [0.05, 0.1) is 19.6 Å². The molecule has 0 bridgehead atoms. The summed E-state index contributed by atoms with van der Waals surface area (Å²) >= 11 is 0. The molecule has 0 spiro atoms. The molecule has 0 aliphatic carbocycles. The molecule has 2 aromatic carbocycles. The van der Waals surface area contributed by atoms with E-state index < -0.39 is 0 Å². The summed E-state index contributed by atoms with van der Waals surface area (Å²) in [6, 6.07) is 16.1. The van der Waals surface area contributed by atoms with Crippen LogP contribution in [-0.4, -0.2) is 80.6 Å². The molecule has 1 N–H and O–H groups in total. The van der Waals surface area contributed by atoms with E-state index in [4.69, 9.17) is 4.74 Å². The highest BCUT2D eigenvalue weighted by atomic mass is 16.5. The summed E-state index contributed by atoms with van der Waals surface area (Å²) in [6.07, 6.45) is 0.905. The average molecular weight is 451 g/mol. The molecule has 2 aliphatic rings. The molecule has 2 aliphatic heterocycles. The molecule has 0 unspecified atom stereocenters. The fourth-order valence-electron chi connectivity index (χ4n) is 4.36. The number of benzene rings is 2. The second-order valence-corrected chi connectivity index (χ2v) is 8.77. The first-order valence-corrected chi connectivity index (χ1v) is 11.9. The number of carbonyl (C=O) groups excluding carboxylic acids is 2. The summed E-state index contributed by atoms with van der Waals surface area (Å²) in [4.78, 5) is 31.6. The van der Waals surface area contributed by atoms with Crippen molar-refractivity contribution in [1.29, 1.82) is 0 Å². The molecule has 7 nitrogen and oxygen atoms in total. The Morgan fingerprint density at radius 1 is 0.909 bits per heavy atom. The SMILES string of the molecule is Cc1ccccc1CC(=O)N1CCN(CCC(=O)Nc2ccc(N3CCOCC3)cc2)CC1. The van der Waals surface area contributed by atoms with Crippen LogP contribution in [0.1, 0.15) is 17.5 Å². The van der Waals surface area contributed by atoms with Crippen LogP contribution in [0, 0.1) is 6.92 Å². The van der Waals surface area contributed by atoms with Gasteiger partial charge in [0.2, 0.25) is 11.8 Å². The number of aryl methyl sites for hydroxylation is 1. The third-order valence-electron chi connectivity index (χ3n) is 6.51. The first-order chi connectivity index (χ1) is 16.1. The summed E-state index contributed by atoms with van der Waals surface area (Å²) in [5.41, 5.74) is 4.24. The zero-order chi connectivity index (χ0) is 23.0. The maximum absolute atomic E-state index is 12.7. The van der Waals surface area contributed by atoms with Crippen LogP contribution >= 0.6 is 0 Å². The van der Waals surface area contributed by atoms with Crippen LogP contribution in [-0.2, 0) is 20.7 Å². The number of nitrogens with zero attached hydrogens (tertiary/aromatic N) is 3. The average Bonchev–Trinajstić information content (AvgIpc) is 2.85. The van der Waals surface area contributed by atoms with E-state index in [1.165, 1.54) is 0 Å². The first-order valence-electron chi connectivity index (χ1n) is 11.9. The molecule has 2 amide bonds. The quantitative estimate of drug-likeness (QED) is 0.702. The lowest BCUT2D eigenvalue weighted by Crippen LogP contribution is -2.49. The van der Waals surface area contributed by atoms with Gasteiger partial charge >= 0.3 is 0 Å². The molecule has 33 heavy (non-hydrogen) atoms. The molecule has 2 heterocycles. The maximum Gasteiger partial charge on any atom is 0.227 e. The summed E-state index contributed by atoms with van der Waals surface area (Å²) in [7, 11) is 0. The lowest BCUT2D eigenvalue weighted by atomic mass is 10.1. The zero-order valence-corrected chi connectivity index (χ0v) is 19.5. The lowest BCUT2D eigenvalue weighted by Gasteiger charge is -2.34. The Labute approximate surface area is 196 Å². The van der Waals surface area contributed by atoms with Crippen LogP contribution in [0.2, 0.25) is 0 Å². The zero-order valence-electron chi connectivity index (χ0n) is 19.5. The van der Waals surface area contributed by atoms with Crippen LogP contribution in [0.3, 0.4) is 0 Å². The third-order valence-corrected chi connectivity index (χ3v) is 6.51. The van der Waals surface area contributed by atoms with Crippen molar-refractivity contribution < 1.29 is 14.3 Å². The number of ether oxygens (including phenoxy) is 1. The second kappa shape index (κ2) is 11.3. The highest BCUT2D eigenvalue weighted by molar-refractivity contribution is 5.91. The fourth-order valence-corrected chi connectivity index (χ4v) is 4.36. The van der Waals surface area contributed by atoms with E-state index in [1.54, 1.807) is 0 Å². The third kappa shape index (κ3) is 6.55. The van der Waals surface area contributed by atoms with Crippen LogP contribution in [0.25, 0.3) is 0 Å². The van der Waals surface area contributed by atoms with Gasteiger partial charge in [0.15, 0.2) is 0 Å². The molecule has 176 valence electrons. The number of rotatable bonds is 7. The molecule has 7 heteroatoms. The Hall–Kier alpha value is -2.90. The number of piperazine rings is 1. The molecule has 2 fully saturated rings. The minimum atomic E-state index is 0.0205. The molecule has 2 aromatic rings. The van der Waals surface area contributed by atoms with Crippen molar-refractivity contribution in [2.45, 2.75) is 19.8 Å². The lowest BCUT2D eigenvalue weighted by molar-refractivity contribution is -0.132. The van der Waals surface area contributed by atoms with Gasteiger partial charge in [0.25, 0.3) is 0 Å². The van der Waals surface area contributed by atoms with E-state index in [-0.39, 0.29) is 11.8 Å². The van der Waals surface area contributed by atoms with Crippen molar-refractivity contribution in [1.82, 2.24) is 9.80 Å². The van der Waals surface area contributed by atoms with Gasteiger partial charge < -0.3 is 19.9 Å². The van der Waals surface area contributed by atoms with Crippen molar-refractivity contribution in [3.8, 4) is 0 Å². The van der Waals surface area contributed by atoms with Crippen molar-refractivity contribution >= 4 is 23.2 Å². The van der Waals surface area contributed by atoms with Gasteiger partial charge in [-0.1, -0.05) is 24.3 Å². The molecule has 0 radical (unpaired) electrons. The maximum atomic E-state index is 12.7. The largest absolute Gasteiger partial charge is 0.378 e. The number of hydrogen-bond donors (Lipinski definition) is 1. The normalized spacial score (nSPS) is 17.1. The minimum absolute atomic E-state index is 0.0205. The van der Waals surface area contributed by atoms with Crippen molar-refractivity contribution in [3.05, 3.63) is 59.7 Å². The first kappa shape index (κ1) is 23.3. The Bertz CT molecular complexity index is 933. The fraction of sp³-hybridized carbons (Fsp3) is 0.462. The van der Waals surface area contributed by atoms with Crippen LogP contribution in [0.4, 0.5) is 11.4 Å². The smallest absolute Gasteiger partial charge is 0.227 e. The van der Waals surface area contributed by atoms with Crippen LogP contribution in [0.5, 0.6) is 0 Å². The van der Waals surface area contributed by atoms with Crippen molar-refractivity contribution in [2.24, 2.45) is 0 Å². The van der Waals surface area contributed by atoms with Crippen molar-refractivity contribution in [2.75, 3.05) is 69.2 Å². The number of carbonyl (C=O) groups is 2. The Balaban J connectivity index is 1.16. The summed E-state index contributed by atoms with van der Waals surface area (Å²) in [5.74, 6) is 0.203. The van der Waals surface area contributed by atoms with E-state index in [0.29, 0.717) is 19.4 Å².